The van der Waals surface area contributed by atoms with Crippen LogP contribution in [0.3, 0.4) is 0 Å². The predicted octanol–water partition coefficient (Wildman–Crippen LogP) is 10.8. The van der Waals surface area contributed by atoms with E-state index >= 15 is 0 Å². The molecular weight excluding hydrogens is 1000 g/mol. The number of pyridine rings is 1. The lowest BCUT2D eigenvalue weighted by Gasteiger charge is -2.63. The maximum Gasteiger partial charge on any atom is 0.293 e. The molecule has 3 aliphatic carbocycles. The molecule has 4 heterocycles. The van der Waals surface area contributed by atoms with Crippen LogP contribution in [0.1, 0.15) is 129 Å². The van der Waals surface area contributed by atoms with Gasteiger partial charge in [0.2, 0.25) is 0 Å². The van der Waals surface area contributed by atoms with Gasteiger partial charge in [-0.15, -0.1) is 0 Å². The van der Waals surface area contributed by atoms with Crippen molar-refractivity contribution in [2.24, 2.45) is 11.3 Å². The molecule has 77 heavy (non-hydrogen) atoms. The molecule has 1 amide bonds. The minimum absolute atomic E-state index is 0.0202. The number of aromatic nitrogens is 2. The molecule has 5 aliphatic rings. The fourth-order valence-corrected chi connectivity index (χ4v) is 13.7. The van der Waals surface area contributed by atoms with E-state index in [4.69, 9.17) is 9.47 Å². The average Bonchev–Trinajstić information content (AvgIpc) is 3.78. The first-order valence-electron chi connectivity index (χ1n) is 27.2. The number of nitro groups is 1. The van der Waals surface area contributed by atoms with Gasteiger partial charge in [-0.25, -0.2) is 22.5 Å². The highest BCUT2D eigenvalue weighted by Gasteiger charge is 2.55. The highest BCUT2D eigenvalue weighted by atomic mass is 32.2. The summed E-state index contributed by atoms with van der Waals surface area (Å²) in [5.41, 5.74) is 5.39. The zero-order valence-electron chi connectivity index (χ0n) is 44.3. The number of benzene rings is 4. The minimum atomic E-state index is -4.65. The Kier molecular flexibility index (Phi) is 14.3. The van der Waals surface area contributed by atoms with Gasteiger partial charge < -0.3 is 29.8 Å². The molecule has 6 aromatic rings. The molecule has 2 saturated heterocycles. The number of piperazine rings is 1. The smallest absolute Gasteiger partial charge is 0.293 e. The third-order valence-electron chi connectivity index (χ3n) is 17.3. The summed E-state index contributed by atoms with van der Waals surface area (Å²) in [5.74, 6) is 0.749. The van der Waals surface area contributed by atoms with Crippen LogP contribution in [0.2, 0.25) is 0 Å². The number of rotatable bonds is 17. The normalized spacial score (nSPS) is 22.1. The topological polar surface area (TPSA) is 195 Å². The first-order chi connectivity index (χ1) is 36.9. The molecule has 18 heteroatoms. The first-order valence-corrected chi connectivity index (χ1v) is 28.7. The van der Waals surface area contributed by atoms with Gasteiger partial charge in [0, 0.05) is 87.3 Å². The van der Waals surface area contributed by atoms with Crippen molar-refractivity contribution in [3.8, 4) is 17.2 Å². The second-order valence-corrected chi connectivity index (χ2v) is 24.8. The van der Waals surface area contributed by atoms with Gasteiger partial charge in [0.05, 0.1) is 39.7 Å². The summed E-state index contributed by atoms with van der Waals surface area (Å²) in [6.45, 7) is 12.0. The monoisotopic (exact) mass is 1070 g/mol. The zero-order valence-corrected chi connectivity index (χ0v) is 45.1. The Labute approximate surface area is 449 Å². The van der Waals surface area contributed by atoms with Gasteiger partial charge in [-0.3, -0.25) is 24.7 Å². The Morgan fingerprint density at radius 1 is 0.974 bits per heavy atom. The fraction of sp³-hybridized carbons (Fsp3) is 0.458. The van der Waals surface area contributed by atoms with Gasteiger partial charge in [-0.05, 0) is 135 Å². The van der Waals surface area contributed by atoms with E-state index in [0.29, 0.717) is 42.9 Å². The summed E-state index contributed by atoms with van der Waals surface area (Å²) in [7, 11) is -2.86. The number of nitro benzene ring substituents is 1. The summed E-state index contributed by atoms with van der Waals surface area (Å²) >= 11 is 0. The van der Waals surface area contributed by atoms with Gasteiger partial charge in [0.15, 0.2) is 0 Å². The summed E-state index contributed by atoms with van der Waals surface area (Å²) in [4.78, 5) is 39.9. The molecule has 406 valence electrons. The van der Waals surface area contributed by atoms with E-state index in [1.807, 2.05) is 0 Å². The molecule has 4 N–H and O–H groups in total. The third-order valence-corrected chi connectivity index (χ3v) is 18.6. The number of carbonyl (C=O) groups excluding carboxylic acids is 1. The van der Waals surface area contributed by atoms with Crippen molar-refractivity contribution in [3.63, 3.8) is 0 Å². The summed E-state index contributed by atoms with van der Waals surface area (Å²) in [6, 6.07) is 26.3. The Bertz CT molecular complexity index is 3300. The van der Waals surface area contributed by atoms with Crippen molar-refractivity contribution in [2.45, 2.75) is 120 Å². The van der Waals surface area contributed by atoms with E-state index in [-0.39, 0.29) is 45.5 Å². The van der Waals surface area contributed by atoms with Crippen LogP contribution >= 0.6 is 0 Å². The summed E-state index contributed by atoms with van der Waals surface area (Å²) < 4.78 is 56.8. The number of halogens is 1. The molecule has 2 aliphatic heterocycles. The number of nitrogens with zero attached hydrogens (tertiary/aromatic N) is 5. The molecule has 5 fully saturated rings. The molecule has 2 aromatic heterocycles. The average molecular weight is 1070 g/mol. The van der Waals surface area contributed by atoms with Crippen LogP contribution < -0.4 is 24.4 Å². The van der Waals surface area contributed by atoms with E-state index in [1.54, 1.807) is 26.2 Å². The number of ether oxygens (including phenoxy) is 2. The Hall–Kier alpha value is -6.60. The second-order valence-electron chi connectivity index (χ2n) is 23.1. The Balaban J connectivity index is 0.790. The molecule has 1 atom stereocenters. The van der Waals surface area contributed by atoms with Gasteiger partial charge >= 0.3 is 0 Å². The van der Waals surface area contributed by atoms with Gasteiger partial charge in [0.25, 0.3) is 21.6 Å². The number of anilines is 2. The van der Waals surface area contributed by atoms with Gasteiger partial charge in [-0.1, -0.05) is 56.7 Å². The second kappa shape index (κ2) is 21.0. The number of sulfonamides is 1. The molecule has 0 bridgehead atoms. The van der Waals surface area contributed by atoms with Crippen LogP contribution in [0.25, 0.3) is 11.0 Å². The molecule has 4 aromatic carbocycles. The number of aliphatic hydroxyl groups is 1. The van der Waals surface area contributed by atoms with Gasteiger partial charge in [0.1, 0.15) is 34.4 Å². The van der Waals surface area contributed by atoms with Crippen molar-refractivity contribution in [1.29, 1.82) is 0 Å². The Morgan fingerprint density at radius 2 is 1.75 bits per heavy atom. The van der Waals surface area contributed by atoms with Crippen molar-refractivity contribution in [2.75, 3.05) is 56.6 Å². The van der Waals surface area contributed by atoms with E-state index in [1.165, 1.54) is 78.2 Å². The van der Waals surface area contributed by atoms with Crippen LogP contribution in [0.4, 0.5) is 21.5 Å². The highest BCUT2D eigenvalue weighted by molar-refractivity contribution is 7.90. The van der Waals surface area contributed by atoms with E-state index in [0.717, 1.165) is 82.5 Å². The van der Waals surface area contributed by atoms with Crippen molar-refractivity contribution in [1.82, 2.24) is 24.5 Å². The van der Waals surface area contributed by atoms with Crippen LogP contribution in [0.5, 0.6) is 17.2 Å². The molecule has 16 nitrogen and oxygen atoms in total. The standard InChI is InChI=1S/C59H69FN8O8S/c1-37(2)45-10-5-6-11-47(45)53-34-65(33-39-12-15-46(40-8-7-9-40)54(24-39)75-4)22-23-67(53)42-28-59(29-42)35-66(36-59)41-13-16-48(55(25-41)76-43-26-49-50(60)32-63-56(49)62-31-43)57(69)64-77(73,74)44-14-17-51(52(27-44)68(71)72)61-30-38-18-20-58(3,70)21-19-38/h5-6,10-17,24-27,31-32,37-38,40,42,53,61,70H,7-9,18-23,28-30,33-36H2,1-4H3,(H,62,63)(H,64,69)/t38?,53-,58?/m0/s1. The van der Waals surface area contributed by atoms with Crippen molar-refractivity contribution >= 4 is 44.0 Å². The van der Waals surface area contributed by atoms with Crippen LogP contribution in [0, 0.1) is 27.3 Å². The first kappa shape index (κ1) is 52.5. The van der Waals surface area contributed by atoms with Crippen LogP contribution in [0.15, 0.2) is 102 Å². The summed E-state index contributed by atoms with van der Waals surface area (Å²) in [6.07, 6.45) is 11.1. The molecular formula is C59H69FN8O8S. The van der Waals surface area contributed by atoms with Gasteiger partial charge in [-0.2, -0.15) is 0 Å². The van der Waals surface area contributed by atoms with E-state index < -0.39 is 42.9 Å². The SMILES string of the molecule is COc1cc(CN2CCN(C3CC4(C3)CN(c3ccc(C(=O)NS(=O)(=O)c5ccc(NCC6CCC(C)(O)CC6)c([N+](=O)[O-])c5)c(Oc5cnc6[nH]cc(F)c6c5)c3)C4)[C@H](c3ccccc3C(C)C)C2)ccc1C1CCC1. The third kappa shape index (κ3) is 10.9. The largest absolute Gasteiger partial charge is 0.496 e. The predicted molar refractivity (Wildman–Crippen MR) is 294 cm³/mol. The number of nitrogens with one attached hydrogen (secondary N) is 3. The lowest BCUT2D eigenvalue weighted by Crippen LogP contribution is -2.68. The van der Waals surface area contributed by atoms with E-state index in [2.05, 4.69) is 91.0 Å². The maximum atomic E-state index is 14.8. The van der Waals surface area contributed by atoms with Crippen LogP contribution in [-0.2, 0) is 16.6 Å². The highest BCUT2D eigenvalue weighted by Crippen LogP contribution is 2.54. The molecule has 0 unspecified atom stereocenters. The van der Waals surface area contributed by atoms with Crippen molar-refractivity contribution < 1.29 is 37.1 Å². The Morgan fingerprint density at radius 3 is 2.48 bits per heavy atom. The quantitative estimate of drug-likeness (QED) is 0.0498. The number of H-pyrrole nitrogens is 1. The number of carbonyl (C=O) groups is 1. The maximum absolute atomic E-state index is 14.8. The molecule has 1 spiro atoms. The molecule has 11 rings (SSSR count). The van der Waals surface area contributed by atoms with Crippen molar-refractivity contribution in [3.05, 3.63) is 141 Å². The minimum Gasteiger partial charge on any atom is -0.496 e. The molecule has 0 radical (unpaired) electrons. The molecule has 3 saturated carbocycles. The number of fused-ring (bicyclic) bond motifs is 1. The summed E-state index contributed by atoms with van der Waals surface area (Å²) in [5, 5.41) is 25.9. The fourth-order valence-electron chi connectivity index (χ4n) is 12.7. The lowest BCUT2D eigenvalue weighted by molar-refractivity contribution is -0.384. The number of methoxy groups -OCH3 is 1. The zero-order chi connectivity index (χ0) is 53.8. The number of aromatic amines is 1. The lowest BCUT2D eigenvalue weighted by atomic mass is 9.59. The van der Waals surface area contributed by atoms with Crippen LogP contribution in [-0.4, -0.2) is 102 Å². The number of hydrogen-bond acceptors (Lipinski definition) is 13. The number of hydrogen-bond donors (Lipinski definition) is 4. The van der Waals surface area contributed by atoms with E-state index in [9.17, 15) is 32.8 Å². The number of amides is 1.